The zero-order valence-electron chi connectivity index (χ0n) is 24.1. The fourth-order valence-electron chi connectivity index (χ4n) is 6.23. The van der Waals surface area contributed by atoms with Crippen molar-refractivity contribution in [3.05, 3.63) is 59.7 Å². The van der Waals surface area contributed by atoms with Gasteiger partial charge in [0, 0.05) is 63.9 Å². The number of para-hydroxylation sites is 1. The molecule has 2 aromatic carbocycles. The van der Waals surface area contributed by atoms with Crippen LogP contribution >= 0.6 is 0 Å². The van der Waals surface area contributed by atoms with E-state index >= 15 is 0 Å². The van der Waals surface area contributed by atoms with Gasteiger partial charge in [-0.05, 0) is 54.9 Å². The molecule has 2 bridgehead atoms. The van der Waals surface area contributed by atoms with Crippen LogP contribution in [0.25, 0.3) is 0 Å². The summed E-state index contributed by atoms with van der Waals surface area (Å²) in [7, 11) is 0. The van der Waals surface area contributed by atoms with Gasteiger partial charge in [0.25, 0.3) is 0 Å². The number of anilines is 1. The van der Waals surface area contributed by atoms with Crippen LogP contribution in [0.2, 0.25) is 0 Å². The molecule has 3 aliphatic rings. The van der Waals surface area contributed by atoms with E-state index in [1.54, 1.807) is 0 Å². The van der Waals surface area contributed by atoms with Gasteiger partial charge in [0.05, 0.1) is 26.4 Å². The summed E-state index contributed by atoms with van der Waals surface area (Å²) in [5.41, 5.74) is 2.87. The molecule has 2 aromatic rings. The number of rotatable bonds is 5. The van der Waals surface area contributed by atoms with E-state index in [0.717, 1.165) is 41.8 Å². The van der Waals surface area contributed by atoms with Crippen LogP contribution in [0.5, 0.6) is 5.75 Å². The van der Waals surface area contributed by atoms with E-state index in [1.165, 1.54) is 6.92 Å². The minimum atomic E-state index is -0.105. The van der Waals surface area contributed by atoms with Gasteiger partial charge in [0.15, 0.2) is 0 Å². The first kappa shape index (κ1) is 29.1. The molecule has 0 unspecified atom stereocenters. The summed E-state index contributed by atoms with van der Waals surface area (Å²) in [6.45, 7) is 7.50. The van der Waals surface area contributed by atoms with Gasteiger partial charge >= 0.3 is 0 Å². The van der Waals surface area contributed by atoms with E-state index in [4.69, 9.17) is 9.47 Å². The summed E-state index contributed by atoms with van der Waals surface area (Å²) in [4.78, 5) is 44.3. The van der Waals surface area contributed by atoms with Crippen molar-refractivity contribution in [1.82, 2.24) is 14.7 Å². The average molecular weight is 563 g/mol. The SMILES string of the molecule is CC(=O)Nc1ccc(CN2CC(=O)N3CC[C@@H](CC(=O)N4CCOCC4)[C@@H](CCCOc4ccccc4C2)C3)cc1. The Kier molecular flexibility index (Phi) is 9.90. The molecule has 3 aliphatic heterocycles. The van der Waals surface area contributed by atoms with E-state index in [0.29, 0.717) is 72.1 Å². The van der Waals surface area contributed by atoms with Gasteiger partial charge in [0.2, 0.25) is 17.7 Å². The van der Waals surface area contributed by atoms with Gasteiger partial charge in [-0.15, -0.1) is 0 Å². The van der Waals surface area contributed by atoms with Gasteiger partial charge in [0.1, 0.15) is 5.75 Å². The lowest BCUT2D eigenvalue weighted by Gasteiger charge is -2.40. The van der Waals surface area contributed by atoms with Crippen LogP contribution in [-0.4, -0.2) is 85.0 Å². The Hall–Kier alpha value is -3.43. The Labute approximate surface area is 242 Å². The van der Waals surface area contributed by atoms with Crippen molar-refractivity contribution in [1.29, 1.82) is 0 Å². The largest absolute Gasteiger partial charge is 0.493 e. The van der Waals surface area contributed by atoms with Crippen molar-refractivity contribution in [3.8, 4) is 5.75 Å². The molecule has 9 nitrogen and oxygen atoms in total. The Morgan fingerprint density at radius 1 is 0.951 bits per heavy atom. The first-order chi connectivity index (χ1) is 19.9. The number of carbonyl (C=O) groups excluding carboxylic acids is 3. The highest BCUT2D eigenvalue weighted by molar-refractivity contribution is 5.88. The molecule has 41 heavy (non-hydrogen) atoms. The highest BCUT2D eigenvalue weighted by Crippen LogP contribution is 2.32. The van der Waals surface area contributed by atoms with Crippen LogP contribution in [0.15, 0.2) is 48.5 Å². The molecule has 2 atom stereocenters. The summed E-state index contributed by atoms with van der Waals surface area (Å²) in [6, 6.07) is 15.8. The van der Waals surface area contributed by atoms with E-state index < -0.39 is 0 Å². The van der Waals surface area contributed by atoms with Crippen molar-refractivity contribution in [3.63, 3.8) is 0 Å². The summed E-state index contributed by atoms with van der Waals surface area (Å²) in [5, 5.41) is 2.81. The van der Waals surface area contributed by atoms with Crippen molar-refractivity contribution in [2.24, 2.45) is 11.8 Å². The van der Waals surface area contributed by atoms with Gasteiger partial charge in [-0.2, -0.15) is 0 Å². The van der Waals surface area contributed by atoms with Crippen LogP contribution < -0.4 is 10.1 Å². The second kappa shape index (κ2) is 14.0. The number of hydrogen-bond acceptors (Lipinski definition) is 6. The van der Waals surface area contributed by atoms with Gasteiger partial charge in [-0.1, -0.05) is 30.3 Å². The summed E-state index contributed by atoms with van der Waals surface area (Å²) in [5.74, 6) is 1.62. The van der Waals surface area contributed by atoms with Crippen LogP contribution in [0.1, 0.15) is 43.7 Å². The van der Waals surface area contributed by atoms with E-state index in [1.807, 2.05) is 52.3 Å². The van der Waals surface area contributed by atoms with Gasteiger partial charge in [-0.25, -0.2) is 0 Å². The molecule has 9 heteroatoms. The lowest BCUT2D eigenvalue weighted by Crippen LogP contribution is -2.49. The molecule has 220 valence electrons. The molecular formula is C32H42N4O5. The second-order valence-corrected chi connectivity index (χ2v) is 11.5. The number of nitrogens with one attached hydrogen (secondary N) is 1. The molecule has 0 radical (unpaired) electrons. The number of piperidine rings is 1. The predicted molar refractivity (Wildman–Crippen MR) is 156 cm³/mol. The lowest BCUT2D eigenvalue weighted by molar-refractivity contribution is -0.139. The lowest BCUT2D eigenvalue weighted by atomic mass is 9.80. The molecule has 2 saturated heterocycles. The minimum absolute atomic E-state index is 0.105. The molecule has 1 N–H and O–H groups in total. The highest BCUT2D eigenvalue weighted by atomic mass is 16.5. The molecule has 5 rings (SSSR count). The molecule has 3 amide bonds. The fourth-order valence-corrected chi connectivity index (χ4v) is 6.23. The van der Waals surface area contributed by atoms with E-state index in [2.05, 4.69) is 16.3 Å². The van der Waals surface area contributed by atoms with Crippen molar-refractivity contribution in [2.75, 3.05) is 57.9 Å². The molecule has 3 heterocycles. The van der Waals surface area contributed by atoms with Crippen molar-refractivity contribution >= 4 is 23.4 Å². The van der Waals surface area contributed by atoms with E-state index in [-0.39, 0.29) is 29.6 Å². The number of morpholine rings is 1. The number of amides is 3. The first-order valence-corrected chi connectivity index (χ1v) is 14.9. The molecule has 0 aromatic heterocycles. The Balaban J connectivity index is 1.31. The molecule has 2 fully saturated rings. The number of fused-ring (bicyclic) bond motifs is 3. The zero-order chi connectivity index (χ0) is 28.6. The van der Waals surface area contributed by atoms with Crippen LogP contribution in [0.3, 0.4) is 0 Å². The molecule has 0 aliphatic carbocycles. The maximum Gasteiger partial charge on any atom is 0.236 e. The monoisotopic (exact) mass is 562 g/mol. The number of hydrogen-bond donors (Lipinski definition) is 1. The summed E-state index contributed by atoms with van der Waals surface area (Å²) < 4.78 is 11.7. The minimum Gasteiger partial charge on any atom is -0.493 e. The third kappa shape index (κ3) is 8.07. The first-order valence-electron chi connectivity index (χ1n) is 14.9. The Morgan fingerprint density at radius 2 is 1.73 bits per heavy atom. The molecule has 0 saturated carbocycles. The third-order valence-corrected chi connectivity index (χ3v) is 8.43. The molecular weight excluding hydrogens is 520 g/mol. The molecule has 0 spiro atoms. The van der Waals surface area contributed by atoms with Crippen molar-refractivity contribution in [2.45, 2.75) is 45.7 Å². The van der Waals surface area contributed by atoms with Gasteiger partial charge < -0.3 is 24.6 Å². The Bertz CT molecular complexity index is 1200. The van der Waals surface area contributed by atoms with Crippen LogP contribution in [-0.2, 0) is 32.2 Å². The third-order valence-electron chi connectivity index (χ3n) is 8.43. The zero-order valence-corrected chi connectivity index (χ0v) is 24.1. The summed E-state index contributed by atoms with van der Waals surface area (Å²) in [6.07, 6.45) is 3.19. The number of nitrogens with zero attached hydrogens (tertiary/aromatic N) is 3. The highest BCUT2D eigenvalue weighted by Gasteiger charge is 2.34. The second-order valence-electron chi connectivity index (χ2n) is 11.5. The fraction of sp³-hybridized carbons (Fsp3) is 0.531. The maximum absolute atomic E-state index is 13.7. The Morgan fingerprint density at radius 3 is 2.51 bits per heavy atom. The number of carbonyl (C=O) groups is 3. The normalized spacial score (nSPS) is 22.4. The van der Waals surface area contributed by atoms with Crippen LogP contribution in [0.4, 0.5) is 5.69 Å². The predicted octanol–water partition coefficient (Wildman–Crippen LogP) is 3.53. The quantitative estimate of drug-likeness (QED) is 0.600. The number of benzene rings is 2. The topological polar surface area (TPSA) is 91.4 Å². The number of ether oxygens (including phenoxy) is 2. The maximum atomic E-state index is 13.7. The van der Waals surface area contributed by atoms with Gasteiger partial charge in [-0.3, -0.25) is 19.3 Å². The van der Waals surface area contributed by atoms with Crippen LogP contribution in [0, 0.1) is 11.8 Å². The van der Waals surface area contributed by atoms with Crippen molar-refractivity contribution < 1.29 is 23.9 Å². The standard InChI is InChI=1S/C32H42N4O5/c1-24(37)33-29-10-8-25(9-11-29)20-34-21-28-5-2-3-7-30(28)41-16-4-6-27-22-36(32(39)23-34)13-12-26(27)19-31(38)35-14-17-40-18-15-35/h2-3,5,7-11,26-27H,4,6,12-23H2,1H3,(H,33,37)/t26-,27-/m0/s1. The smallest absolute Gasteiger partial charge is 0.236 e. The summed E-state index contributed by atoms with van der Waals surface area (Å²) >= 11 is 0. The average Bonchev–Trinajstić information content (AvgIpc) is 2.98. The van der Waals surface area contributed by atoms with E-state index in [9.17, 15) is 14.4 Å².